The monoisotopic (exact) mass is 343 g/mol. The molecule has 4 rings (SSSR count). The highest BCUT2D eigenvalue weighted by Crippen LogP contribution is 2.34. The first-order chi connectivity index (χ1) is 12.2. The van der Waals surface area contributed by atoms with Crippen LogP contribution in [0.5, 0.6) is 11.5 Å². The molecule has 1 amide bonds. The Labute approximate surface area is 145 Å². The number of hydrogen-bond acceptors (Lipinski definition) is 6. The first kappa shape index (κ1) is 15.9. The standard InChI is InChI=1S/C18H21N3O4/c1-11-15(24-14-10-6-5-9-13(14)23-11)16(22)19-18-21-20-17(25-18)12-7-3-2-4-8-12/h5-6,9-12,15H,2-4,7-8H2,1H3,(H,19,21,22)/t11-,15-/m1/s1. The molecule has 0 saturated heterocycles. The van der Waals surface area contributed by atoms with Gasteiger partial charge in [-0.25, -0.2) is 0 Å². The number of fused-ring (bicyclic) bond motifs is 1. The maximum absolute atomic E-state index is 12.5. The Bertz CT molecular complexity index is 754. The maximum Gasteiger partial charge on any atom is 0.322 e. The van der Waals surface area contributed by atoms with Crippen LogP contribution in [0.15, 0.2) is 28.7 Å². The molecule has 0 radical (unpaired) electrons. The van der Waals surface area contributed by atoms with Gasteiger partial charge in [0.1, 0.15) is 6.10 Å². The predicted molar refractivity (Wildman–Crippen MR) is 89.7 cm³/mol. The smallest absolute Gasteiger partial charge is 0.322 e. The number of nitrogens with one attached hydrogen (secondary N) is 1. The average Bonchev–Trinajstić information content (AvgIpc) is 3.10. The Morgan fingerprint density at radius 1 is 1.08 bits per heavy atom. The number of ether oxygens (including phenoxy) is 2. The summed E-state index contributed by atoms with van der Waals surface area (Å²) < 4.78 is 17.2. The molecule has 7 heteroatoms. The van der Waals surface area contributed by atoms with Crippen molar-refractivity contribution < 1.29 is 18.7 Å². The fourth-order valence-electron chi connectivity index (χ4n) is 3.38. The minimum absolute atomic E-state index is 0.111. The number of benzene rings is 1. The molecule has 1 fully saturated rings. The number of amides is 1. The molecule has 132 valence electrons. The molecular formula is C18H21N3O4. The van der Waals surface area contributed by atoms with Crippen LogP contribution in [0.3, 0.4) is 0 Å². The molecule has 2 aliphatic rings. The summed E-state index contributed by atoms with van der Waals surface area (Å²) in [4.78, 5) is 12.5. The van der Waals surface area contributed by atoms with E-state index in [9.17, 15) is 4.79 Å². The van der Waals surface area contributed by atoms with Gasteiger partial charge >= 0.3 is 6.01 Å². The lowest BCUT2D eigenvalue weighted by Gasteiger charge is -2.30. The molecule has 7 nitrogen and oxygen atoms in total. The Morgan fingerprint density at radius 3 is 2.56 bits per heavy atom. The second kappa shape index (κ2) is 6.74. The zero-order valence-corrected chi connectivity index (χ0v) is 14.1. The molecular weight excluding hydrogens is 322 g/mol. The summed E-state index contributed by atoms with van der Waals surface area (Å²) in [5.74, 6) is 1.73. The Hall–Kier alpha value is -2.57. The van der Waals surface area contributed by atoms with Gasteiger partial charge in [-0.3, -0.25) is 10.1 Å². The van der Waals surface area contributed by atoms with Crippen LogP contribution in [-0.2, 0) is 4.79 Å². The number of hydrogen-bond donors (Lipinski definition) is 1. The molecule has 0 unspecified atom stereocenters. The minimum Gasteiger partial charge on any atom is -0.482 e. The third-order valence-electron chi connectivity index (χ3n) is 4.73. The lowest BCUT2D eigenvalue weighted by Crippen LogP contribution is -2.46. The van der Waals surface area contributed by atoms with Crippen LogP contribution in [0.1, 0.15) is 50.8 Å². The fourth-order valence-corrected chi connectivity index (χ4v) is 3.38. The van der Waals surface area contributed by atoms with E-state index in [0.29, 0.717) is 23.3 Å². The average molecular weight is 343 g/mol. The third kappa shape index (κ3) is 3.31. The minimum atomic E-state index is -0.778. The van der Waals surface area contributed by atoms with E-state index in [0.717, 1.165) is 12.8 Å². The van der Waals surface area contributed by atoms with Gasteiger partial charge in [-0.15, -0.1) is 5.10 Å². The number of rotatable bonds is 3. The van der Waals surface area contributed by atoms with Crippen LogP contribution >= 0.6 is 0 Å². The van der Waals surface area contributed by atoms with Gasteiger partial charge in [0.25, 0.3) is 5.91 Å². The van der Waals surface area contributed by atoms with E-state index in [2.05, 4.69) is 15.5 Å². The summed E-state index contributed by atoms with van der Waals surface area (Å²) in [5, 5.41) is 10.7. The lowest BCUT2D eigenvalue weighted by molar-refractivity contribution is -0.128. The third-order valence-corrected chi connectivity index (χ3v) is 4.73. The van der Waals surface area contributed by atoms with Crippen molar-refractivity contribution in [3.05, 3.63) is 30.2 Å². The summed E-state index contributed by atoms with van der Waals surface area (Å²) in [6, 6.07) is 7.39. The molecule has 0 spiro atoms. The van der Waals surface area contributed by atoms with E-state index >= 15 is 0 Å². The first-order valence-electron chi connectivity index (χ1n) is 8.77. The van der Waals surface area contributed by atoms with Crippen LogP contribution in [-0.4, -0.2) is 28.3 Å². The summed E-state index contributed by atoms with van der Waals surface area (Å²) in [6.45, 7) is 1.79. The van der Waals surface area contributed by atoms with Crippen molar-refractivity contribution in [3.63, 3.8) is 0 Å². The molecule has 2 atom stereocenters. The van der Waals surface area contributed by atoms with Gasteiger partial charge in [-0.05, 0) is 31.9 Å². The predicted octanol–water partition coefficient (Wildman–Crippen LogP) is 3.28. The number of carbonyl (C=O) groups excluding carboxylic acids is 1. The highest BCUT2D eigenvalue weighted by atomic mass is 16.6. The molecule has 1 N–H and O–H groups in total. The number of carbonyl (C=O) groups is 1. The van der Waals surface area contributed by atoms with Gasteiger partial charge < -0.3 is 13.9 Å². The van der Waals surface area contributed by atoms with Crippen molar-refractivity contribution in [2.24, 2.45) is 0 Å². The van der Waals surface area contributed by atoms with Crippen molar-refractivity contribution in [1.82, 2.24) is 10.2 Å². The Balaban J connectivity index is 1.43. The van der Waals surface area contributed by atoms with Gasteiger partial charge in [0.2, 0.25) is 12.0 Å². The summed E-state index contributed by atoms with van der Waals surface area (Å²) in [5.41, 5.74) is 0. The molecule has 1 aromatic heterocycles. The molecule has 1 aromatic carbocycles. The second-order valence-electron chi connectivity index (χ2n) is 6.58. The fraction of sp³-hybridized carbons (Fsp3) is 0.500. The van der Waals surface area contributed by atoms with E-state index in [4.69, 9.17) is 13.9 Å². The largest absolute Gasteiger partial charge is 0.482 e. The van der Waals surface area contributed by atoms with Crippen LogP contribution in [0.25, 0.3) is 0 Å². The number of para-hydroxylation sites is 2. The first-order valence-corrected chi connectivity index (χ1v) is 8.77. The van der Waals surface area contributed by atoms with Crippen molar-refractivity contribution in [2.45, 2.75) is 57.2 Å². The van der Waals surface area contributed by atoms with Crippen LogP contribution in [0.2, 0.25) is 0 Å². The van der Waals surface area contributed by atoms with E-state index in [-0.39, 0.29) is 11.9 Å². The summed E-state index contributed by atoms with van der Waals surface area (Å²) in [6.07, 6.45) is 4.53. The van der Waals surface area contributed by atoms with Crippen LogP contribution < -0.4 is 14.8 Å². The number of aromatic nitrogens is 2. The van der Waals surface area contributed by atoms with Gasteiger partial charge in [0.15, 0.2) is 11.5 Å². The molecule has 2 heterocycles. The molecule has 1 aliphatic heterocycles. The molecule has 25 heavy (non-hydrogen) atoms. The van der Waals surface area contributed by atoms with E-state index in [1.54, 1.807) is 13.0 Å². The SMILES string of the molecule is C[C@H]1Oc2ccccc2O[C@H]1C(=O)Nc1nnc(C2CCCCC2)o1. The Morgan fingerprint density at radius 2 is 1.80 bits per heavy atom. The van der Waals surface area contributed by atoms with Crippen molar-refractivity contribution >= 4 is 11.9 Å². The van der Waals surface area contributed by atoms with Crippen molar-refractivity contribution in [2.75, 3.05) is 5.32 Å². The molecule has 2 aromatic rings. The van der Waals surface area contributed by atoms with Gasteiger partial charge in [0, 0.05) is 5.92 Å². The summed E-state index contributed by atoms with van der Waals surface area (Å²) in [7, 11) is 0. The highest BCUT2D eigenvalue weighted by molar-refractivity contribution is 5.93. The highest BCUT2D eigenvalue weighted by Gasteiger charge is 2.35. The van der Waals surface area contributed by atoms with Crippen LogP contribution in [0, 0.1) is 0 Å². The van der Waals surface area contributed by atoms with Crippen LogP contribution in [0.4, 0.5) is 6.01 Å². The topological polar surface area (TPSA) is 86.5 Å². The zero-order chi connectivity index (χ0) is 17.2. The number of anilines is 1. The maximum atomic E-state index is 12.5. The second-order valence-corrected chi connectivity index (χ2v) is 6.58. The zero-order valence-electron chi connectivity index (χ0n) is 14.1. The van der Waals surface area contributed by atoms with E-state index < -0.39 is 12.2 Å². The van der Waals surface area contributed by atoms with E-state index in [1.807, 2.05) is 18.2 Å². The lowest BCUT2D eigenvalue weighted by atomic mass is 9.89. The van der Waals surface area contributed by atoms with Gasteiger partial charge in [0.05, 0.1) is 0 Å². The number of nitrogens with zero attached hydrogens (tertiary/aromatic N) is 2. The van der Waals surface area contributed by atoms with Crippen molar-refractivity contribution in [1.29, 1.82) is 0 Å². The molecule has 1 saturated carbocycles. The van der Waals surface area contributed by atoms with E-state index in [1.165, 1.54) is 19.3 Å². The molecule has 1 aliphatic carbocycles. The quantitative estimate of drug-likeness (QED) is 0.920. The van der Waals surface area contributed by atoms with Gasteiger partial charge in [-0.1, -0.05) is 36.5 Å². The molecule has 0 bridgehead atoms. The Kier molecular flexibility index (Phi) is 4.29. The summed E-state index contributed by atoms with van der Waals surface area (Å²) >= 11 is 0. The van der Waals surface area contributed by atoms with Crippen molar-refractivity contribution in [3.8, 4) is 11.5 Å². The normalized spacial score (nSPS) is 23.2. The van der Waals surface area contributed by atoms with Gasteiger partial charge in [-0.2, -0.15) is 0 Å².